The Kier molecular flexibility index (Phi) is 2.69. The molecule has 0 radical (unpaired) electrons. The Bertz CT molecular complexity index is 872. The Morgan fingerprint density at radius 2 is 2.20 bits per heavy atom. The fourth-order valence-electron chi connectivity index (χ4n) is 1.89. The van der Waals surface area contributed by atoms with E-state index in [1.807, 2.05) is 13.1 Å². The van der Waals surface area contributed by atoms with Crippen molar-refractivity contribution in [3.63, 3.8) is 0 Å². The van der Waals surface area contributed by atoms with Crippen molar-refractivity contribution in [3.8, 4) is 6.07 Å². The number of anilines is 2. The van der Waals surface area contributed by atoms with Crippen LogP contribution in [0.3, 0.4) is 0 Å². The van der Waals surface area contributed by atoms with E-state index < -0.39 is 0 Å². The normalized spacial score (nSPS) is 10.4. The minimum atomic E-state index is -0.388. The van der Waals surface area contributed by atoms with Gasteiger partial charge in [-0.25, -0.2) is 9.89 Å². The van der Waals surface area contributed by atoms with Gasteiger partial charge in [-0.3, -0.25) is 0 Å². The Morgan fingerprint density at radius 3 is 3.00 bits per heavy atom. The number of fused-ring (bicyclic) bond motifs is 1. The van der Waals surface area contributed by atoms with Crippen LogP contribution < -0.4 is 10.6 Å². The summed E-state index contributed by atoms with van der Waals surface area (Å²) in [5.41, 5.74) is 1.45. The molecule has 0 amide bonds. The van der Waals surface area contributed by atoms with Crippen molar-refractivity contribution in [1.82, 2.24) is 19.8 Å². The minimum absolute atomic E-state index is 0.388. The second-order valence-corrected chi connectivity index (χ2v) is 4.21. The second kappa shape index (κ2) is 4.51. The summed E-state index contributed by atoms with van der Waals surface area (Å²) in [6, 6.07) is 12.7. The molecule has 0 spiro atoms. The van der Waals surface area contributed by atoms with Crippen LogP contribution in [0.2, 0.25) is 0 Å². The molecule has 0 atom stereocenters. The number of hydrogen-bond acceptors (Lipinski definition) is 5. The van der Waals surface area contributed by atoms with Crippen LogP contribution in [0.5, 0.6) is 0 Å². The highest BCUT2D eigenvalue weighted by atomic mass is 16.2. The average molecular weight is 266 g/mol. The number of aromatic nitrogens is 4. The molecule has 0 aliphatic heterocycles. The van der Waals surface area contributed by atoms with Crippen molar-refractivity contribution in [3.05, 3.63) is 52.4 Å². The first kappa shape index (κ1) is 11.9. The molecule has 2 aromatic heterocycles. The molecule has 0 saturated heterocycles. The molecule has 0 aliphatic carbocycles. The summed E-state index contributed by atoms with van der Waals surface area (Å²) in [7, 11) is 1.82. The van der Waals surface area contributed by atoms with E-state index in [4.69, 9.17) is 5.26 Å². The SMILES string of the molecule is CN(c1cccc(C#N)c1)c1ccc2n[nH]c(=O)n2n1. The van der Waals surface area contributed by atoms with E-state index in [0.29, 0.717) is 17.0 Å². The molecule has 0 fully saturated rings. The second-order valence-electron chi connectivity index (χ2n) is 4.21. The first-order chi connectivity index (χ1) is 9.69. The lowest BCUT2D eigenvalue weighted by atomic mass is 10.2. The molecule has 1 aromatic carbocycles. The summed E-state index contributed by atoms with van der Waals surface area (Å²) in [4.78, 5) is 13.3. The van der Waals surface area contributed by atoms with Gasteiger partial charge in [0.25, 0.3) is 0 Å². The maximum atomic E-state index is 11.5. The molecule has 0 aliphatic rings. The first-order valence-electron chi connectivity index (χ1n) is 5.87. The summed E-state index contributed by atoms with van der Waals surface area (Å²) in [5.74, 6) is 0.580. The number of benzene rings is 1. The molecule has 3 aromatic rings. The van der Waals surface area contributed by atoms with E-state index in [-0.39, 0.29) is 5.69 Å². The molecule has 7 nitrogen and oxygen atoms in total. The molecule has 0 bridgehead atoms. The topological polar surface area (TPSA) is 90.1 Å². The monoisotopic (exact) mass is 266 g/mol. The van der Waals surface area contributed by atoms with Crippen molar-refractivity contribution in [2.75, 3.05) is 11.9 Å². The fourth-order valence-corrected chi connectivity index (χ4v) is 1.89. The number of hydrogen-bond donors (Lipinski definition) is 1. The number of nitriles is 1. The van der Waals surface area contributed by atoms with Crippen molar-refractivity contribution < 1.29 is 0 Å². The Hall–Kier alpha value is -3.14. The van der Waals surface area contributed by atoms with Crippen molar-refractivity contribution in [1.29, 1.82) is 5.26 Å². The van der Waals surface area contributed by atoms with Crippen LogP contribution in [0.15, 0.2) is 41.2 Å². The lowest BCUT2D eigenvalue weighted by molar-refractivity contribution is 0.867. The van der Waals surface area contributed by atoms with Gasteiger partial charge in [0.15, 0.2) is 11.5 Å². The standard InChI is InChI=1S/C13H10N6O/c1-18(10-4-2-3-9(7-10)8-14)12-6-5-11-15-16-13(20)19(11)17-12/h2-7H,1H3,(H,16,20). The molecule has 0 saturated carbocycles. The Morgan fingerprint density at radius 1 is 1.35 bits per heavy atom. The number of nitrogens with zero attached hydrogens (tertiary/aromatic N) is 5. The van der Waals surface area contributed by atoms with Gasteiger partial charge in [-0.15, -0.1) is 5.10 Å². The van der Waals surface area contributed by atoms with Gasteiger partial charge >= 0.3 is 5.69 Å². The fraction of sp³-hybridized carbons (Fsp3) is 0.0769. The molecular formula is C13H10N6O. The van der Waals surface area contributed by atoms with Crippen molar-refractivity contribution in [2.45, 2.75) is 0 Å². The lowest BCUT2D eigenvalue weighted by Crippen LogP contribution is -2.17. The van der Waals surface area contributed by atoms with E-state index in [9.17, 15) is 4.79 Å². The highest BCUT2D eigenvalue weighted by molar-refractivity contribution is 5.61. The number of rotatable bonds is 2. The van der Waals surface area contributed by atoms with Crippen LogP contribution in [0.4, 0.5) is 11.5 Å². The first-order valence-corrected chi connectivity index (χ1v) is 5.87. The van der Waals surface area contributed by atoms with Gasteiger partial charge in [0.1, 0.15) is 0 Å². The van der Waals surface area contributed by atoms with E-state index in [1.54, 1.807) is 35.2 Å². The van der Waals surface area contributed by atoms with Gasteiger partial charge in [-0.05, 0) is 30.3 Å². The van der Waals surface area contributed by atoms with Crippen LogP contribution in [0, 0.1) is 11.3 Å². The summed E-state index contributed by atoms with van der Waals surface area (Å²) in [6.07, 6.45) is 0. The van der Waals surface area contributed by atoms with Gasteiger partial charge in [0.05, 0.1) is 11.6 Å². The van der Waals surface area contributed by atoms with Crippen LogP contribution in [-0.4, -0.2) is 26.9 Å². The van der Waals surface area contributed by atoms with E-state index >= 15 is 0 Å². The van der Waals surface area contributed by atoms with E-state index in [1.165, 1.54) is 4.52 Å². The minimum Gasteiger partial charge on any atom is -0.328 e. The predicted octanol–water partition coefficient (Wildman–Crippen LogP) is 1.06. The summed E-state index contributed by atoms with van der Waals surface area (Å²) >= 11 is 0. The zero-order chi connectivity index (χ0) is 14.1. The number of H-pyrrole nitrogens is 1. The van der Waals surface area contributed by atoms with E-state index in [0.717, 1.165) is 5.69 Å². The molecule has 0 unspecified atom stereocenters. The number of aromatic amines is 1. The van der Waals surface area contributed by atoms with E-state index in [2.05, 4.69) is 21.4 Å². The largest absolute Gasteiger partial charge is 0.364 e. The maximum Gasteiger partial charge on any atom is 0.364 e. The van der Waals surface area contributed by atoms with Crippen LogP contribution in [-0.2, 0) is 0 Å². The van der Waals surface area contributed by atoms with Crippen LogP contribution in [0.25, 0.3) is 5.65 Å². The quantitative estimate of drug-likeness (QED) is 0.749. The highest BCUT2D eigenvalue weighted by Gasteiger charge is 2.09. The summed E-state index contributed by atoms with van der Waals surface area (Å²) in [6.45, 7) is 0. The van der Waals surface area contributed by atoms with Gasteiger partial charge in [0.2, 0.25) is 0 Å². The van der Waals surface area contributed by atoms with Crippen molar-refractivity contribution >= 4 is 17.2 Å². The Balaban J connectivity index is 2.07. The third-order valence-electron chi connectivity index (χ3n) is 2.97. The summed E-state index contributed by atoms with van der Waals surface area (Å²) in [5, 5.41) is 19.3. The molecule has 7 heteroatoms. The van der Waals surface area contributed by atoms with Gasteiger partial charge in [0, 0.05) is 12.7 Å². The highest BCUT2D eigenvalue weighted by Crippen LogP contribution is 2.21. The van der Waals surface area contributed by atoms with Gasteiger partial charge in [-0.1, -0.05) is 6.07 Å². The molecule has 1 N–H and O–H groups in total. The third kappa shape index (κ3) is 1.89. The average Bonchev–Trinajstić information content (AvgIpc) is 2.87. The number of nitrogens with one attached hydrogen (secondary N) is 1. The Labute approximate surface area is 113 Å². The predicted molar refractivity (Wildman–Crippen MR) is 72.8 cm³/mol. The lowest BCUT2D eigenvalue weighted by Gasteiger charge is -2.17. The molecule has 98 valence electrons. The van der Waals surface area contributed by atoms with Crippen LogP contribution in [0.1, 0.15) is 5.56 Å². The molecule has 3 rings (SSSR count). The third-order valence-corrected chi connectivity index (χ3v) is 2.97. The maximum absolute atomic E-state index is 11.5. The molecular weight excluding hydrogens is 256 g/mol. The van der Waals surface area contributed by atoms with Gasteiger partial charge in [-0.2, -0.15) is 14.9 Å². The smallest absolute Gasteiger partial charge is 0.328 e. The van der Waals surface area contributed by atoms with Crippen molar-refractivity contribution in [2.24, 2.45) is 0 Å². The molecule has 2 heterocycles. The molecule has 20 heavy (non-hydrogen) atoms. The zero-order valence-corrected chi connectivity index (χ0v) is 10.6. The zero-order valence-electron chi connectivity index (χ0n) is 10.6. The summed E-state index contributed by atoms with van der Waals surface area (Å²) < 4.78 is 1.19. The van der Waals surface area contributed by atoms with Gasteiger partial charge < -0.3 is 4.90 Å². The van der Waals surface area contributed by atoms with Crippen LogP contribution >= 0.6 is 0 Å².